The number of hydrogen-bond acceptors (Lipinski definition) is 4. The number of aliphatic imine (C=N–C) groups is 1. The van der Waals surface area contributed by atoms with Crippen LogP contribution in [0.2, 0.25) is 0 Å². The van der Waals surface area contributed by atoms with E-state index in [4.69, 9.17) is 4.42 Å². The van der Waals surface area contributed by atoms with Gasteiger partial charge in [-0.2, -0.15) is 0 Å². The van der Waals surface area contributed by atoms with Gasteiger partial charge in [0.25, 0.3) is 0 Å². The molecule has 0 spiro atoms. The Morgan fingerprint density at radius 2 is 1.87 bits per heavy atom. The molecule has 0 aliphatic rings. The molecule has 4 nitrogen and oxygen atoms in total. The lowest BCUT2D eigenvalue weighted by Gasteiger charge is -2.07. The molecule has 124 valence electrons. The van der Waals surface area contributed by atoms with Crippen molar-refractivity contribution in [3.8, 4) is 0 Å². The molecule has 0 radical (unpaired) electrons. The number of benzene rings is 1. The smallest absolute Gasteiger partial charge is 0.144 e. The highest BCUT2D eigenvalue weighted by atomic mass is 16.3. The predicted octanol–water partition coefficient (Wildman–Crippen LogP) is 4.01. The Hall–Kier alpha value is -2.07. The lowest BCUT2D eigenvalue weighted by Crippen LogP contribution is -2.18. The zero-order chi connectivity index (χ0) is 16.3. The van der Waals surface area contributed by atoms with Crippen LogP contribution in [-0.2, 0) is 6.54 Å². The number of furan rings is 1. The second kappa shape index (κ2) is 9.85. The molecule has 4 heteroatoms. The van der Waals surface area contributed by atoms with Crippen molar-refractivity contribution in [3.05, 3.63) is 53.5 Å². The topological polar surface area (TPSA) is 49.6 Å². The van der Waals surface area contributed by atoms with Crippen molar-refractivity contribution < 1.29 is 4.42 Å². The Kier molecular flexibility index (Phi) is 7.40. The average molecular weight is 313 g/mol. The van der Waals surface area contributed by atoms with Crippen molar-refractivity contribution in [1.29, 1.82) is 0 Å². The molecule has 1 aromatic carbocycles. The zero-order valence-corrected chi connectivity index (χ0v) is 14.1. The van der Waals surface area contributed by atoms with Crippen molar-refractivity contribution >= 4 is 11.9 Å². The number of rotatable bonds is 10. The number of hydrogen-bond donors (Lipinski definition) is 2. The molecule has 1 aromatic heterocycles. The molecule has 0 fully saturated rings. The van der Waals surface area contributed by atoms with Gasteiger partial charge in [-0.15, -0.1) is 0 Å². The lowest BCUT2D eigenvalue weighted by molar-refractivity contribution is 0.527. The summed E-state index contributed by atoms with van der Waals surface area (Å²) < 4.78 is 5.46. The number of nitrogens with zero attached hydrogens (tertiary/aromatic N) is 1. The summed E-state index contributed by atoms with van der Waals surface area (Å²) in [4.78, 5) is 4.41. The fraction of sp³-hybridized carbons (Fsp3) is 0.421. The summed E-state index contributed by atoms with van der Waals surface area (Å²) in [6.45, 7) is 7.95. The van der Waals surface area contributed by atoms with E-state index < -0.39 is 0 Å². The predicted molar refractivity (Wildman–Crippen MR) is 97.5 cm³/mol. The maximum absolute atomic E-state index is 5.46. The summed E-state index contributed by atoms with van der Waals surface area (Å²) in [6, 6.07) is 12.3. The molecule has 0 saturated carbocycles. The first kappa shape index (κ1) is 17.3. The maximum Gasteiger partial charge on any atom is 0.144 e. The van der Waals surface area contributed by atoms with Crippen LogP contribution in [0.3, 0.4) is 0 Å². The minimum absolute atomic E-state index is 0.668. The summed E-state index contributed by atoms with van der Waals surface area (Å²) in [7, 11) is 0. The number of anilines is 1. The van der Waals surface area contributed by atoms with Crippen LogP contribution in [0.5, 0.6) is 0 Å². The third kappa shape index (κ3) is 6.70. The fourth-order valence-corrected chi connectivity index (χ4v) is 2.24. The Balaban J connectivity index is 1.68. The monoisotopic (exact) mass is 313 g/mol. The molecule has 0 atom stereocenters. The third-order valence-corrected chi connectivity index (χ3v) is 3.49. The summed E-state index contributed by atoms with van der Waals surface area (Å²) in [5.74, 6) is 1.71. The molecule has 0 unspecified atom stereocenters. The van der Waals surface area contributed by atoms with E-state index in [0.717, 1.165) is 43.3 Å². The van der Waals surface area contributed by atoms with Crippen LogP contribution < -0.4 is 10.6 Å². The van der Waals surface area contributed by atoms with Gasteiger partial charge in [0, 0.05) is 12.2 Å². The summed E-state index contributed by atoms with van der Waals surface area (Å²) in [5.41, 5.74) is 2.36. The highest BCUT2D eigenvalue weighted by molar-refractivity contribution is 5.75. The largest absolute Gasteiger partial charge is 0.460 e. The van der Waals surface area contributed by atoms with Gasteiger partial charge in [0.2, 0.25) is 0 Å². The minimum atomic E-state index is 0.668. The molecule has 0 bridgehead atoms. The van der Waals surface area contributed by atoms with Crippen molar-refractivity contribution in [1.82, 2.24) is 5.32 Å². The van der Waals surface area contributed by atoms with E-state index in [9.17, 15) is 0 Å². The molecule has 2 rings (SSSR count). The van der Waals surface area contributed by atoms with E-state index in [-0.39, 0.29) is 0 Å². The van der Waals surface area contributed by atoms with E-state index in [2.05, 4.69) is 46.8 Å². The fourth-order valence-electron chi connectivity index (χ4n) is 2.24. The van der Waals surface area contributed by atoms with Crippen molar-refractivity contribution in [2.45, 2.75) is 33.2 Å². The van der Waals surface area contributed by atoms with Gasteiger partial charge >= 0.3 is 0 Å². The molecule has 2 aromatic rings. The highest BCUT2D eigenvalue weighted by Crippen LogP contribution is 2.10. The van der Waals surface area contributed by atoms with E-state index >= 15 is 0 Å². The number of nitrogens with one attached hydrogen (secondary N) is 2. The van der Waals surface area contributed by atoms with Gasteiger partial charge in [0.15, 0.2) is 0 Å². The molecule has 2 N–H and O–H groups in total. The molecule has 1 heterocycles. The first-order valence-corrected chi connectivity index (χ1v) is 8.37. The summed E-state index contributed by atoms with van der Waals surface area (Å²) >= 11 is 0. The van der Waals surface area contributed by atoms with Crippen LogP contribution in [0.1, 0.15) is 36.8 Å². The number of aryl methyl sites for hydroxylation is 1. The third-order valence-electron chi connectivity index (χ3n) is 3.49. The molecule has 0 aliphatic carbocycles. The van der Waals surface area contributed by atoms with Crippen LogP contribution >= 0.6 is 0 Å². The van der Waals surface area contributed by atoms with Gasteiger partial charge in [-0.3, -0.25) is 4.99 Å². The van der Waals surface area contributed by atoms with Crippen LogP contribution in [0, 0.1) is 6.92 Å². The van der Waals surface area contributed by atoms with E-state index in [0.29, 0.717) is 6.54 Å². The van der Waals surface area contributed by atoms with Gasteiger partial charge < -0.3 is 15.1 Å². The van der Waals surface area contributed by atoms with Crippen molar-refractivity contribution in [2.24, 2.45) is 4.99 Å². The van der Waals surface area contributed by atoms with Gasteiger partial charge in [-0.25, -0.2) is 0 Å². The first-order chi connectivity index (χ1) is 11.3. The van der Waals surface area contributed by atoms with Crippen LogP contribution in [0.25, 0.3) is 0 Å². The Labute approximate surface area is 139 Å². The molecular formula is C19H27N3O. The Morgan fingerprint density at radius 3 is 2.57 bits per heavy atom. The van der Waals surface area contributed by atoms with Gasteiger partial charge in [0.1, 0.15) is 11.5 Å². The van der Waals surface area contributed by atoms with Gasteiger partial charge in [0.05, 0.1) is 12.8 Å². The van der Waals surface area contributed by atoms with Gasteiger partial charge in [-0.05, 0) is 62.7 Å². The average Bonchev–Trinajstić information content (AvgIpc) is 2.97. The first-order valence-electron chi connectivity index (χ1n) is 8.37. The molecular weight excluding hydrogens is 286 g/mol. The highest BCUT2D eigenvalue weighted by Gasteiger charge is 1.96. The second-order valence-electron chi connectivity index (χ2n) is 5.65. The molecule has 0 amide bonds. The normalized spacial score (nSPS) is 11.2. The SMILES string of the molecule is CCCNCCCNc1ccc(CN=Cc2ccc(C)o2)cc1. The summed E-state index contributed by atoms with van der Waals surface area (Å²) in [5, 5.41) is 6.85. The van der Waals surface area contributed by atoms with Crippen molar-refractivity contribution in [2.75, 3.05) is 25.0 Å². The van der Waals surface area contributed by atoms with Crippen LogP contribution in [-0.4, -0.2) is 25.8 Å². The molecule has 23 heavy (non-hydrogen) atoms. The lowest BCUT2D eigenvalue weighted by atomic mass is 10.2. The minimum Gasteiger partial charge on any atom is -0.460 e. The summed E-state index contributed by atoms with van der Waals surface area (Å²) in [6.07, 6.45) is 4.11. The maximum atomic E-state index is 5.46. The van der Waals surface area contributed by atoms with E-state index in [1.165, 1.54) is 12.0 Å². The molecule has 0 aliphatic heterocycles. The Morgan fingerprint density at radius 1 is 1.04 bits per heavy atom. The van der Waals surface area contributed by atoms with Crippen LogP contribution in [0.15, 0.2) is 45.8 Å². The van der Waals surface area contributed by atoms with E-state index in [1.54, 1.807) is 6.21 Å². The Bertz CT molecular complexity index is 587. The van der Waals surface area contributed by atoms with Gasteiger partial charge in [-0.1, -0.05) is 19.1 Å². The molecule has 0 saturated heterocycles. The zero-order valence-electron chi connectivity index (χ0n) is 14.1. The second-order valence-corrected chi connectivity index (χ2v) is 5.65. The van der Waals surface area contributed by atoms with E-state index in [1.807, 2.05) is 19.1 Å². The standard InChI is InChI=1S/C19H27N3O/c1-3-11-20-12-4-13-22-18-8-6-17(7-9-18)14-21-15-19-10-5-16(2)23-19/h5-10,15,20,22H,3-4,11-14H2,1-2H3. The van der Waals surface area contributed by atoms with Crippen LogP contribution in [0.4, 0.5) is 5.69 Å². The quantitative estimate of drug-likeness (QED) is 0.515. The van der Waals surface area contributed by atoms with Crippen molar-refractivity contribution in [3.63, 3.8) is 0 Å².